The first-order valence-electron chi connectivity index (χ1n) is 7.04. The van der Waals surface area contributed by atoms with Gasteiger partial charge in [-0.2, -0.15) is 0 Å². The summed E-state index contributed by atoms with van der Waals surface area (Å²) >= 11 is 1.65. The molecule has 3 heterocycles. The molecule has 20 heavy (non-hydrogen) atoms. The molecule has 2 saturated heterocycles. The molecular formula is C14H19N3O2S. The van der Waals surface area contributed by atoms with E-state index < -0.39 is 0 Å². The number of nitrogens with zero attached hydrogens (tertiary/aromatic N) is 1. The zero-order chi connectivity index (χ0) is 13.9. The van der Waals surface area contributed by atoms with Crippen molar-refractivity contribution >= 4 is 23.2 Å². The van der Waals surface area contributed by atoms with Gasteiger partial charge in [-0.1, -0.05) is 6.07 Å². The Hall–Kier alpha value is -1.40. The van der Waals surface area contributed by atoms with Gasteiger partial charge in [-0.05, 0) is 24.3 Å². The van der Waals surface area contributed by atoms with Crippen molar-refractivity contribution in [2.75, 3.05) is 13.1 Å². The maximum atomic E-state index is 12.1. The van der Waals surface area contributed by atoms with E-state index in [0.717, 1.165) is 17.7 Å². The third-order valence-electron chi connectivity index (χ3n) is 4.09. The molecule has 2 unspecified atom stereocenters. The lowest BCUT2D eigenvalue weighted by atomic mass is 10.1. The van der Waals surface area contributed by atoms with Crippen LogP contribution < -0.4 is 10.6 Å². The fraction of sp³-hybridized carbons (Fsp3) is 0.571. The molecule has 0 radical (unpaired) electrons. The Morgan fingerprint density at radius 2 is 2.30 bits per heavy atom. The highest BCUT2D eigenvalue weighted by molar-refractivity contribution is 7.09. The molecule has 6 heteroatoms. The van der Waals surface area contributed by atoms with Crippen LogP contribution in [0, 0.1) is 0 Å². The van der Waals surface area contributed by atoms with Crippen molar-refractivity contribution in [2.45, 2.75) is 37.9 Å². The van der Waals surface area contributed by atoms with E-state index in [1.165, 1.54) is 0 Å². The molecule has 108 valence electrons. The van der Waals surface area contributed by atoms with Gasteiger partial charge in [-0.25, -0.2) is 0 Å². The minimum atomic E-state index is 0.0460. The van der Waals surface area contributed by atoms with E-state index in [-0.39, 0.29) is 17.9 Å². The average molecular weight is 293 g/mol. The van der Waals surface area contributed by atoms with Gasteiger partial charge in [-0.15, -0.1) is 11.3 Å². The van der Waals surface area contributed by atoms with Gasteiger partial charge in [0, 0.05) is 29.9 Å². The molecular weight excluding hydrogens is 274 g/mol. The monoisotopic (exact) mass is 293 g/mol. The lowest BCUT2D eigenvalue weighted by Gasteiger charge is -2.26. The van der Waals surface area contributed by atoms with Gasteiger partial charge in [0.2, 0.25) is 11.8 Å². The Morgan fingerprint density at radius 1 is 1.45 bits per heavy atom. The zero-order valence-corrected chi connectivity index (χ0v) is 12.1. The van der Waals surface area contributed by atoms with Gasteiger partial charge in [0.05, 0.1) is 13.1 Å². The summed E-state index contributed by atoms with van der Waals surface area (Å²) in [6.45, 7) is 1.67. The molecule has 1 aromatic rings. The molecule has 2 amide bonds. The van der Waals surface area contributed by atoms with Crippen molar-refractivity contribution in [2.24, 2.45) is 0 Å². The number of rotatable bonds is 4. The lowest BCUT2D eigenvalue weighted by Crippen LogP contribution is -2.44. The average Bonchev–Trinajstić information content (AvgIpc) is 3.01. The predicted molar refractivity (Wildman–Crippen MR) is 77.3 cm³/mol. The van der Waals surface area contributed by atoms with Gasteiger partial charge in [0.1, 0.15) is 0 Å². The van der Waals surface area contributed by atoms with Crippen LogP contribution in [0.4, 0.5) is 0 Å². The molecule has 3 rings (SSSR count). The molecule has 5 nitrogen and oxygen atoms in total. The van der Waals surface area contributed by atoms with Crippen molar-refractivity contribution in [1.82, 2.24) is 15.5 Å². The maximum absolute atomic E-state index is 12.1. The molecule has 0 aliphatic carbocycles. The van der Waals surface area contributed by atoms with Gasteiger partial charge >= 0.3 is 0 Å². The van der Waals surface area contributed by atoms with Gasteiger partial charge < -0.3 is 10.6 Å². The van der Waals surface area contributed by atoms with Crippen molar-refractivity contribution < 1.29 is 9.59 Å². The minimum Gasteiger partial charge on any atom is -0.354 e. The van der Waals surface area contributed by atoms with Gasteiger partial charge in [0.15, 0.2) is 0 Å². The number of hydrogen-bond acceptors (Lipinski definition) is 4. The van der Waals surface area contributed by atoms with E-state index in [1.807, 2.05) is 17.5 Å². The summed E-state index contributed by atoms with van der Waals surface area (Å²) in [6, 6.07) is 4.55. The fourth-order valence-electron chi connectivity index (χ4n) is 3.05. The molecule has 2 aliphatic rings. The molecule has 0 aromatic carbocycles. The van der Waals surface area contributed by atoms with Crippen molar-refractivity contribution in [3.05, 3.63) is 22.4 Å². The Balaban J connectivity index is 1.54. The Labute approximate surface area is 122 Å². The predicted octanol–water partition coefficient (Wildman–Crippen LogP) is 0.717. The second-order valence-corrected chi connectivity index (χ2v) is 6.45. The summed E-state index contributed by atoms with van der Waals surface area (Å²) in [5.41, 5.74) is 0. The van der Waals surface area contributed by atoms with E-state index in [0.29, 0.717) is 32.1 Å². The van der Waals surface area contributed by atoms with Crippen LogP contribution in [0.25, 0.3) is 0 Å². The second-order valence-electron chi connectivity index (χ2n) is 5.42. The van der Waals surface area contributed by atoms with E-state index >= 15 is 0 Å². The molecule has 2 N–H and O–H groups in total. The summed E-state index contributed by atoms with van der Waals surface area (Å²) in [5, 5.41) is 7.89. The van der Waals surface area contributed by atoms with E-state index in [4.69, 9.17) is 0 Å². The highest BCUT2D eigenvalue weighted by Crippen LogP contribution is 2.27. The van der Waals surface area contributed by atoms with Crippen molar-refractivity contribution in [1.29, 1.82) is 0 Å². The topological polar surface area (TPSA) is 61.4 Å². The smallest absolute Gasteiger partial charge is 0.234 e. The maximum Gasteiger partial charge on any atom is 0.234 e. The van der Waals surface area contributed by atoms with Crippen LogP contribution in [0.15, 0.2) is 17.5 Å². The van der Waals surface area contributed by atoms with E-state index in [9.17, 15) is 9.59 Å². The third kappa shape index (κ3) is 3.02. The number of nitrogens with one attached hydrogen (secondary N) is 2. The number of amides is 2. The van der Waals surface area contributed by atoms with E-state index in [2.05, 4.69) is 15.5 Å². The SMILES string of the molecule is O=C1CC2CCC(CN1)N2CC(=O)NCc1cccs1. The van der Waals surface area contributed by atoms with Crippen molar-refractivity contribution in [3.8, 4) is 0 Å². The lowest BCUT2D eigenvalue weighted by molar-refractivity contribution is -0.124. The summed E-state index contributed by atoms with van der Waals surface area (Å²) in [7, 11) is 0. The second kappa shape index (κ2) is 5.93. The normalized spacial score (nSPS) is 26.1. The number of fused-ring (bicyclic) bond motifs is 2. The highest BCUT2D eigenvalue weighted by Gasteiger charge is 2.38. The van der Waals surface area contributed by atoms with Crippen LogP contribution >= 0.6 is 11.3 Å². The van der Waals surface area contributed by atoms with Crippen LogP contribution in [0.2, 0.25) is 0 Å². The Kier molecular flexibility index (Phi) is 4.03. The largest absolute Gasteiger partial charge is 0.354 e. The van der Waals surface area contributed by atoms with Crippen LogP contribution in [-0.2, 0) is 16.1 Å². The molecule has 2 atom stereocenters. The molecule has 0 saturated carbocycles. The third-order valence-corrected chi connectivity index (χ3v) is 4.97. The molecule has 2 aliphatic heterocycles. The minimum absolute atomic E-state index is 0.0460. The summed E-state index contributed by atoms with van der Waals surface area (Å²) in [5.74, 6) is 0.158. The van der Waals surface area contributed by atoms with Crippen LogP contribution in [-0.4, -0.2) is 41.9 Å². The van der Waals surface area contributed by atoms with Gasteiger partial charge in [0.25, 0.3) is 0 Å². The summed E-state index contributed by atoms with van der Waals surface area (Å²) in [6.07, 6.45) is 2.62. The standard InChI is InChI=1S/C14H19N3O2S/c18-13-6-10-3-4-11(7-15-13)17(10)9-14(19)16-8-12-2-1-5-20-12/h1-2,5,10-11H,3-4,6-9H2,(H,15,18)(H,16,19). The van der Waals surface area contributed by atoms with Crippen molar-refractivity contribution in [3.63, 3.8) is 0 Å². The van der Waals surface area contributed by atoms with Crippen LogP contribution in [0.5, 0.6) is 0 Å². The molecule has 0 spiro atoms. The van der Waals surface area contributed by atoms with Crippen LogP contribution in [0.3, 0.4) is 0 Å². The van der Waals surface area contributed by atoms with Gasteiger partial charge in [-0.3, -0.25) is 14.5 Å². The quantitative estimate of drug-likeness (QED) is 0.860. The first kappa shape index (κ1) is 13.6. The Morgan fingerprint density at radius 3 is 3.10 bits per heavy atom. The summed E-state index contributed by atoms with van der Waals surface area (Å²) in [4.78, 5) is 27.0. The van der Waals surface area contributed by atoms with Crippen LogP contribution in [0.1, 0.15) is 24.1 Å². The highest BCUT2D eigenvalue weighted by atomic mass is 32.1. The zero-order valence-electron chi connectivity index (χ0n) is 11.3. The first-order chi connectivity index (χ1) is 9.72. The first-order valence-corrected chi connectivity index (χ1v) is 7.92. The Bertz CT molecular complexity index is 489. The number of carbonyl (C=O) groups is 2. The number of carbonyl (C=O) groups excluding carboxylic acids is 2. The van der Waals surface area contributed by atoms with E-state index in [1.54, 1.807) is 11.3 Å². The summed E-state index contributed by atoms with van der Waals surface area (Å²) < 4.78 is 0. The number of thiophene rings is 1. The molecule has 1 aromatic heterocycles. The molecule has 2 bridgehead atoms. The molecule has 2 fully saturated rings. The number of hydrogen-bond donors (Lipinski definition) is 2. The fourth-order valence-corrected chi connectivity index (χ4v) is 3.69.